The van der Waals surface area contributed by atoms with Crippen molar-refractivity contribution in [1.29, 1.82) is 0 Å². The third-order valence-corrected chi connectivity index (χ3v) is 5.36. The number of rotatable bonds is 6. The highest BCUT2D eigenvalue weighted by Crippen LogP contribution is 2.31. The van der Waals surface area contributed by atoms with Gasteiger partial charge in [-0.15, -0.1) is 10.2 Å². The Kier molecular flexibility index (Phi) is 5.66. The van der Waals surface area contributed by atoms with Crippen LogP contribution in [0.4, 0.5) is 9.52 Å². The first kappa shape index (κ1) is 17.8. The van der Waals surface area contributed by atoms with E-state index in [0.717, 1.165) is 6.20 Å². The van der Waals surface area contributed by atoms with Crippen molar-refractivity contribution in [3.8, 4) is 10.6 Å². The Labute approximate surface area is 142 Å². The van der Waals surface area contributed by atoms with E-state index >= 15 is 0 Å². The van der Waals surface area contributed by atoms with Gasteiger partial charge in [-0.3, -0.25) is 14.7 Å². The van der Waals surface area contributed by atoms with E-state index in [4.69, 9.17) is 5.73 Å². The van der Waals surface area contributed by atoms with E-state index in [1.807, 2.05) is 13.2 Å². The minimum atomic E-state index is -0.666. The van der Waals surface area contributed by atoms with Crippen molar-refractivity contribution in [2.75, 3.05) is 30.5 Å². The van der Waals surface area contributed by atoms with E-state index < -0.39 is 11.2 Å². The van der Waals surface area contributed by atoms with Crippen molar-refractivity contribution in [3.63, 3.8) is 0 Å². The average Bonchev–Trinajstić information content (AvgIpc) is 3.03. The van der Waals surface area contributed by atoms with Gasteiger partial charge in [0.05, 0.1) is 11.6 Å². The van der Waals surface area contributed by atoms with Gasteiger partial charge >= 0.3 is 0 Å². The molecular formula is C14H18FN5OS2. The Morgan fingerprint density at radius 1 is 1.48 bits per heavy atom. The van der Waals surface area contributed by atoms with E-state index in [1.54, 1.807) is 18.8 Å². The van der Waals surface area contributed by atoms with Crippen LogP contribution in [-0.4, -0.2) is 46.7 Å². The van der Waals surface area contributed by atoms with Crippen LogP contribution in [0.2, 0.25) is 0 Å². The Hall–Kier alpha value is -1.58. The smallest absolute Gasteiger partial charge is 0.236 e. The molecule has 2 heterocycles. The summed E-state index contributed by atoms with van der Waals surface area (Å²) in [5.41, 5.74) is 5.64. The van der Waals surface area contributed by atoms with Crippen molar-refractivity contribution >= 4 is 34.1 Å². The molecule has 0 spiro atoms. The molecule has 1 atom stereocenters. The van der Waals surface area contributed by atoms with E-state index in [9.17, 15) is 9.18 Å². The maximum absolute atomic E-state index is 13.2. The summed E-state index contributed by atoms with van der Waals surface area (Å²) in [5, 5.41) is 8.99. The topological polar surface area (TPSA) is 85.0 Å². The van der Waals surface area contributed by atoms with Crippen molar-refractivity contribution in [2.24, 2.45) is 11.1 Å². The Morgan fingerprint density at radius 3 is 2.83 bits per heavy atom. The molecular weight excluding hydrogens is 337 g/mol. The molecule has 9 heteroatoms. The number of carbonyl (C=O) groups is 1. The second-order valence-electron chi connectivity index (χ2n) is 5.34. The summed E-state index contributed by atoms with van der Waals surface area (Å²) < 4.78 is 13.2. The second kappa shape index (κ2) is 7.33. The molecule has 124 valence electrons. The number of nitrogens with zero attached hydrogens (tertiary/aromatic N) is 4. The lowest BCUT2D eigenvalue weighted by Gasteiger charge is -2.29. The molecule has 2 aromatic rings. The number of carbonyl (C=O) groups excluding carboxylic acids is 1. The summed E-state index contributed by atoms with van der Waals surface area (Å²) in [6.45, 7) is 2.08. The van der Waals surface area contributed by atoms with Gasteiger partial charge in [0.15, 0.2) is 5.01 Å². The number of nitrogens with two attached hydrogens (primary N) is 1. The molecule has 0 aliphatic carbocycles. The molecule has 0 radical (unpaired) electrons. The van der Waals surface area contributed by atoms with Gasteiger partial charge in [-0.1, -0.05) is 11.3 Å². The molecule has 2 rings (SSSR count). The zero-order chi connectivity index (χ0) is 17.0. The first-order valence-corrected chi connectivity index (χ1v) is 9.04. The lowest BCUT2D eigenvalue weighted by molar-refractivity contribution is -0.125. The van der Waals surface area contributed by atoms with Crippen LogP contribution >= 0.6 is 23.1 Å². The van der Waals surface area contributed by atoms with Gasteiger partial charge in [-0.2, -0.15) is 11.8 Å². The van der Waals surface area contributed by atoms with Gasteiger partial charge in [-0.25, -0.2) is 4.39 Å². The lowest BCUT2D eigenvalue weighted by atomic mass is 9.92. The number of thioether (sulfide) groups is 1. The summed E-state index contributed by atoms with van der Waals surface area (Å²) in [5.74, 6) is 0.0559. The van der Waals surface area contributed by atoms with Gasteiger partial charge in [0.2, 0.25) is 11.0 Å². The number of amides is 1. The van der Waals surface area contributed by atoms with E-state index in [-0.39, 0.29) is 12.5 Å². The number of aromatic nitrogens is 3. The number of hydrogen-bond donors (Lipinski definition) is 1. The molecule has 0 aromatic carbocycles. The minimum absolute atomic E-state index is 0.116. The van der Waals surface area contributed by atoms with Crippen molar-refractivity contribution < 1.29 is 9.18 Å². The van der Waals surface area contributed by atoms with Gasteiger partial charge in [0, 0.05) is 31.1 Å². The number of hydrogen-bond acceptors (Lipinski definition) is 7. The number of anilines is 1. The first-order valence-electron chi connectivity index (χ1n) is 6.83. The molecule has 6 nitrogen and oxygen atoms in total. The van der Waals surface area contributed by atoms with Crippen LogP contribution in [0.5, 0.6) is 0 Å². The fraction of sp³-hybridized carbons (Fsp3) is 0.429. The predicted molar refractivity (Wildman–Crippen MR) is 92.1 cm³/mol. The lowest BCUT2D eigenvalue weighted by Crippen LogP contribution is -2.46. The van der Waals surface area contributed by atoms with Crippen LogP contribution < -0.4 is 10.6 Å². The Bertz CT molecular complexity index is 695. The first-order chi connectivity index (χ1) is 10.9. The van der Waals surface area contributed by atoms with E-state index in [2.05, 4.69) is 15.2 Å². The van der Waals surface area contributed by atoms with Gasteiger partial charge < -0.3 is 5.73 Å². The third kappa shape index (κ3) is 3.85. The van der Waals surface area contributed by atoms with Gasteiger partial charge in [0.1, 0.15) is 5.82 Å². The van der Waals surface area contributed by atoms with Gasteiger partial charge in [-0.05, 0) is 19.2 Å². The maximum Gasteiger partial charge on any atom is 0.236 e. The van der Waals surface area contributed by atoms with Crippen LogP contribution in [0.25, 0.3) is 10.6 Å². The molecule has 2 N–H and O–H groups in total. The number of pyridine rings is 1. The Morgan fingerprint density at radius 2 is 2.22 bits per heavy atom. The molecule has 1 unspecified atom stereocenters. The van der Waals surface area contributed by atoms with E-state index in [0.29, 0.717) is 21.5 Å². The van der Waals surface area contributed by atoms with Crippen LogP contribution in [0.3, 0.4) is 0 Å². The molecule has 0 aliphatic rings. The maximum atomic E-state index is 13.2. The third-order valence-electron chi connectivity index (χ3n) is 3.39. The van der Waals surface area contributed by atoms with E-state index in [1.165, 1.54) is 28.5 Å². The minimum Gasteiger partial charge on any atom is -0.329 e. The van der Waals surface area contributed by atoms with Crippen LogP contribution in [0.15, 0.2) is 18.5 Å². The van der Waals surface area contributed by atoms with Crippen LogP contribution in [0.1, 0.15) is 6.92 Å². The molecule has 2 aromatic heterocycles. The summed E-state index contributed by atoms with van der Waals surface area (Å²) in [7, 11) is 1.64. The molecule has 0 fully saturated rings. The molecule has 0 aliphatic heterocycles. The van der Waals surface area contributed by atoms with Crippen LogP contribution in [-0.2, 0) is 4.79 Å². The largest absolute Gasteiger partial charge is 0.329 e. The van der Waals surface area contributed by atoms with Gasteiger partial charge in [0.25, 0.3) is 0 Å². The molecule has 1 amide bonds. The molecule has 0 saturated carbocycles. The standard InChI is InChI=1S/C14H18FN5OS2/c1-14(7-16,8-22-3)12(21)20(2)13-19-18-11(23-13)9-4-10(15)6-17-5-9/h4-6H,7-8,16H2,1-3H3. The SMILES string of the molecule is CSCC(C)(CN)C(=O)N(C)c1nnc(-c2cncc(F)c2)s1. The fourth-order valence-electron chi connectivity index (χ4n) is 2.01. The highest BCUT2D eigenvalue weighted by atomic mass is 32.2. The Balaban J connectivity index is 2.24. The monoisotopic (exact) mass is 355 g/mol. The van der Waals surface area contributed by atoms with Crippen molar-refractivity contribution in [1.82, 2.24) is 15.2 Å². The summed E-state index contributed by atoms with van der Waals surface area (Å²) in [6.07, 6.45) is 4.56. The molecule has 0 saturated heterocycles. The highest BCUT2D eigenvalue weighted by molar-refractivity contribution is 7.98. The summed E-state index contributed by atoms with van der Waals surface area (Å²) in [6, 6.07) is 1.33. The molecule has 0 bridgehead atoms. The quantitative estimate of drug-likeness (QED) is 0.853. The average molecular weight is 355 g/mol. The van der Waals surface area contributed by atoms with Crippen LogP contribution in [0, 0.1) is 11.2 Å². The normalized spacial score (nSPS) is 13.6. The second-order valence-corrected chi connectivity index (χ2v) is 7.17. The van der Waals surface area contributed by atoms with Crippen molar-refractivity contribution in [3.05, 3.63) is 24.3 Å². The predicted octanol–water partition coefficient (Wildman–Crippen LogP) is 2.03. The number of halogens is 1. The fourth-order valence-corrected chi connectivity index (χ4v) is 3.68. The summed E-state index contributed by atoms with van der Waals surface area (Å²) in [4.78, 5) is 17.9. The molecule has 23 heavy (non-hydrogen) atoms. The summed E-state index contributed by atoms with van der Waals surface area (Å²) >= 11 is 2.77. The zero-order valence-electron chi connectivity index (χ0n) is 13.1. The van der Waals surface area contributed by atoms with Crippen molar-refractivity contribution in [2.45, 2.75) is 6.92 Å². The zero-order valence-corrected chi connectivity index (χ0v) is 14.7. The highest BCUT2D eigenvalue weighted by Gasteiger charge is 2.35.